The molecule has 19 heavy (non-hydrogen) atoms. The average Bonchev–Trinajstić information content (AvgIpc) is 2.78. The van der Waals surface area contributed by atoms with E-state index < -0.39 is 0 Å². The lowest BCUT2D eigenvalue weighted by molar-refractivity contribution is 0.423. The topological polar surface area (TPSA) is 54.7 Å². The predicted molar refractivity (Wildman–Crippen MR) is 79.9 cm³/mol. The van der Waals surface area contributed by atoms with Crippen LogP contribution in [0.4, 0.5) is 0 Å². The van der Waals surface area contributed by atoms with Crippen LogP contribution >= 0.6 is 0 Å². The van der Waals surface area contributed by atoms with Crippen molar-refractivity contribution in [3.8, 4) is 11.3 Å². The highest BCUT2D eigenvalue weighted by molar-refractivity contribution is 5.63. The van der Waals surface area contributed by atoms with Crippen LogP contribution in [0, 0.1) is 13.8 Å². The van der Waals surface area contributed by atoms with Crippen molar-refractivity contribution in [2.45, 2.75) is 46.1 Å². The molecule has 1 atom stereocenters. The molecule has 0 amide bonds. The summed E-state index contributed by atoms with van der Waals surface area (Å²) in [6.45, 7) is 8.39. The lowest BCUT2D eigenvalue weighted by Gasteiger charge is -2.21. The van der Waals surface area contributed by atoms with E-state index >= 15 is 0 Å². The molecule has 0 aliphatic rings. The highest BCUT2D eigenvalue weighted by atomic mass is 15.0. The van der Waals surface area contributed by atoms with Crippen LogP contribution in [0.5, 0.6) is 0 Å². The second-order valence-corrected chi connectivity index (χ2v) is 5.63. The van der Waals surface area contributed by atoms with Crippen molar-refractivity contribution >= 4 is 0 Å². The largest absolute Gasteiger partial charge is 0.340 e. The number of imidazole rings is 1. The van der Waals surface area contributed by atoms with Crippen LogP contribution in [-0.4, -0.2) is 9.97 Å². The van der Waals surface area contributed by atoms with E-state index in [9.17, 15) is 0 Å². The molecule has 1 aromatic carbocycles. The SMILES string of the molecule is CCCC(C)(N)c1ncc(-c2ccc(C)cc2C)[nH]1. The normalized spacial score (nSPS) is 14.4. The Morgan fingerprint density at radius 1 is 1.32 bits per heavy atom. The zero-order valence-electron chi connectivity index (χ0n) is 12.2. The zero-order valence-corrected chi connectivity index (χ0v) is 12.2. The molecule has 1 aromatic heterocycles. The first-order valence-corrected chi connectivity index (χ1v) is 6.86. The monoisotopic (exact) mass is 257 g/mol. The molecule has 3 nitrogen and oxygen atoms in total. The summed E-state index contributed by atoms with van der Waals surface area (Å²) in [6, 6.07) is 6.44. The number of hydrogen-bond donors (Lipinski definition) is 2. The molecular formula is C16H23N3. The third-order valence-electron chi connectivity index (χ3n) is 3.56. The van der Waals surface area contributed by atoms with Gasteiger partial charge in [0.05, 0.1) is 17.4 Å². The van der Waals surface area contributed by atoms with Gasteiger partial charge in [0.1, 0.15) is 5.82 Å². The molecule has 3 N–H and O–H groups in total. The van der Waals surface area contributed by atoms with Gasteiger partial charge < -0.3 is 10.7 Å². The van der Waals surface area contributed by atoms with Crippen LogP contribution in [0.25, 0.3) is 11.3 Å². The molecule has 0 aliphatic heterocycles. The van der Waals surface area contributed by atoms with Gasteiger partial charge in [-0.05, 0) is 32.8 Å². The summed E-state index contributed by atoms with van der Waals surface area (Å²) in [5.74, 6) is 0.865. The molecule has 1 unspecified atom stereocenters. The van der Waals surface area contributed by atoms with Crippen LogP contribution in [0.15, 0.2) is 24.4 Å². The fraction of sp³-hybridized carbons (Fsp3) is 0.438. The minimum atomic E-state index is -0.383. The third-order valence-corrected chi connectivity index (χ3v) is 3.56. The standard InChI is InChI=1S/C16H23N3/c1-5-8-16(4,17)15-18-10-14(19-15)13-7-6-11(2)9-12(13)3/h6-7,9-10H,5,8,17H2,1-4H3,(H,18,19). The Morgan fingerprint density at radius 2 is 2.05 bits per heavy atom. The van der Waals surface area contributed by atoms with E-state index in [1.54, 1.807) is 0 Å². The minimum absolute atomic E-state index is 0.383. The van der Waals surface area contributed by atoms with Crippen molar-refractivity contribution in [2.24, 2.45) is 5.73 Å². The maximum atomic E-state index is 6.31. The molecule has 0 spiro atoms. The van der Waals surface area contributed by atoms with Gasteiger partial charge in [-0.15, -0.1) is 0 Å². The second-order valence-electron chi connectivity index (χ2n) is 5.63. The molecule has 102 valence electrons. The van der Waals surface area contributed by atoms with Crippen molar-refractivity contribution in [3.63, 3.8) is 0 Å². The van der Waals surface area contributed by atoms with Crippen molar-refractivity contribution in [3.05, 3.63) is 41.3 Å². The molecule has 2 aromatic rings. The smallest absolute Gasteiger partial charge is 0.126 e. The number of aromatic amines is 1. The first-order chi connectivity index (χ1) is 8.94. The second kappa shape index (κ2) is 5.17. The summed E-state index contributed by atoms with van der Waals surface area (Å²) in [7, 11) is 0. The molecule has 0 saturated heterocycles. The predicted octanol–water partition coefficient (Wildman–Crippen LogP) is 3.67. The van der Waals surface area contributed by atoms with E-state index in [1.807, 2.05) is 13.1 Å². The first kappa shape index (κ1) is 13.8. The minimum Gasteiger partial charge on any atom is -0.340 e. The van der Waals surface area contributed by atoms with Gasteiger partial charge in [0, 0.05) is 5.56 Å². The number of nitrogens with one attached hydrogen (secondary N) is 1. The molecule has 0 aliphatic carbocycles. The van der Waals surface area contributed by atoms with Gasteiger partial charge in [-0.3, -0.25) is 0 Å². The Labute approximate surface area is 115 Å². The fourth-order valence-corrected chi connectivity index (χ4v) is 2.50. The Morgan fingerprint density at radius 3 is 2.68 bits per heavy atom. The van der Waals surface area contributed by atoms with E-state index in [0.29, 0.717) is 0 Å². The van der Waals surface area contributed by atoms with E-state index in [-0.39, 0.29) is 5.54 Å². The van der Waals surface area contributed by atoms with Gasteiger partial charge in [-0.1, -0.05) is 37.1 Å². The fourth-order valence-electron chi connectivity index (χ4n) is 2.50. The molecule has 0 saturated carbocycles. The zero-order chi connectivity index (χ0) is 14.0. The lowest BCUT2D eigenvalue weighted by Crippen LogP contribution is -2.34. The van der Waals surface area contributed by atoms with E-state index in [2.05, 4.69) is 48.9 Å². The van der Waals surface area contributed by atoms with Crippen LogP contribution in [0.2, 0.25) is 0 Å². The van der Waals surface area contributed by atoms with Gasteiger partial charge in [-0.25, -0.2) is 4.98 Å². The number of rotatable bonds is 4. The van der Waals surface area contributed by atoms with Crippen LogP contribution in [0.3, 0.4) is 0 Å². The Bertz CT molecular complexity index is 567. The Hall–Kier alpha value is -1.61. The number of aromatic nitrogens is 2. The summed E-state index contributed by atoms with van der Waals surface area (Å²) < 4.78 is 0. The number of aryl methyl sites for hydroxylation is 2. The number of benzene rings is 1. The molecule has 1 heterocycles. The summed E-state index contributed by atoms with van der Waals surface area (Å²) in [5.41, 5.74) is 10.7. The highest BCUT2D eigenvalue weighted by Crippen LogP contribution is 2.26. The quantitative estimate of drug-likeness (QED) is 0.878. The van der Waals surface area contributed by atoms with Gasteiger partial charge in [0.25, 0.3) is 0 Å². The molecule has 3 heteroatoms. The van der Waals surface area contributed by atoms with Crippen molar-refractivity contribution in [2.75, 3.05) is 0 Å². The van der Waals surface area contributed by atoms with Crippen molar-refractivity contribution in [1.29, 1.82) is 0 Å². The Kier molecular flexibility index (Phi) is 3.76. The first-order valence-electron chi connectivity index (χ1n) is 6.86. The van der Waals surface area contributed by atoms with Crippen LogP contribution in [0.1, 0.15) is 43.6 Å². The number of H-pyrrole nitrogens is 1. The Balaban J connectivity index is 2.35. The van der Waals surface area contributed by atoms with Gasteiger partial charge in [0.15, 0.2) is 0 Å². The molecule has 0 radical (unpaired) electrons. The summed E-state index contributed by atoms with van der Waals surface area (Å²) in [5, 5.41) is 0. The molecule has 2 rings (SSSR count). The van der Waals surface area contributed by atoms with E-state index in [4.69, 9.17) is 5.73 Å². The number of nitrogens with zero attached hydrogens (tertiary/aromatic N) is 1. The maximum Gasteiger partial charge on any atom is 0.126 e. The number of nitrogens with two attached hydrogens (primary N) is 1. The van der Waals surface area contributed by atoms with E-state index in [0.717, 1.165) is 24.4 Å². The number of hydrogen-bond acceptors (Lipinski definition) is 2. The van der Waals surface area contributed by atoms with Crippen LogP contribution < -0.4 is 5.73 Å². The third kappa shape index (κ3) is 2.87. The summed E-state index contributed by atoms with van der Waals surface area (Å²) in [6.07, 6.45) is 3.85. The lowest BCUT2D eigenvalue weighted by atomic mass is 9.97. The van der Waals surface area contributed by atoms with Crippen LogP contribution in [-0.2, 0) is 5.54 Å². The van der Waals surface area contributed by atoms with Crippen molar-refractivity contribution < 1.29 is 0 Å². The highest BCUT2D eigenvalue weighted by Gasteiger charge is 2.23. The summed E-state index contributed by atoms with van der Waals surface area (Å²) in [4.78, 5) is 7.84. The summed E-state index contributed by atoms with van der Waals surface area (Å²) >= 11 is 0. The van der Waals surface area contributed by atoms with Gasteiger partial charge >= 0.3 is 0 Å². The molecule has 0 bridgehead atoms. The van der Waals surface area contributed by atoms with Gasteiger partial charge in [-0.2, -0.15) is 0 Å². The van der Waals surface area contributed by atoms with E-state index in [1.165, 1.54) is 16.7 Å². The molecule has 0 fully saturated rings. The maximum absolute atomic E-state index is 6.31. The van der Waals surface area contributed by atoms with Crippen molar-refractivity contribution in [1.82, 2.24) is 9.97 Å². The van der Waals surface area contributed by atoms with Gasteiger partial charge in [0.2, 0.25) is 0 Å². The molecular weight excluding hydrogens is 234 g/mol. The average molecular weight is 257 g/mol.